The predicted molar refractivity (Wildman–Crippen MR) is 74.5 cm³/mol. The summed E-state index contributed by atoms with van der Waals surface area (Å²) in [6.45, 7) is 8.34. The molecule has 0 saturated heterocycles. The third kappa shape index (κ3) is 2.47. The Morgan fingerprint density at radius 2 is 1.76 bits per heavy atom. The molecule has 0 spiro atoms. The molecule has 2 heteroatoms. The fourth-order valence-electron chi connectivity index (χ4n) is 2.86. The van der Waals surface area contributed by atoms with Gasteiger partial charge in [-0.1, -0.05) is 24.1 Å². The molecule has 3 N–H and O–H groups in total. The number of hydrogen-bond donors (Lipinski definition) is 2. The van der Waals surface area contributed by atoms with Crippen LogP contribution in [0, 0.1) is 26.2 Å². The summed E-state index contributed by atoms with van der Waals surface area (Å²) < 4.78 is 0. The molecule has 0 aliphatic heterocycles. The normalized spacial score (nSPS) is 17.6. The van der Waals surface area contributed by atoms with Crippen LogP contribution in [0.1, 0.15) is 36.0 Å². The minimum atomic E-state index is 0.365. The second-order valence-electron chi connectivity index (χ2n) is 5.68. The monoisotopic (exact) mass is 232 g/mol. The first-order valence-corrected chi connectivity index (χ1v) is 6.58. The van der Waals surface area contributed by atoms with Crippen molar-refractivity contribution in [1.29, 1.82) is 0 Å². The Bertz CT molecular complexity index is 377. The summed E-state index contributed by atoms with van der Waals surface area (Å²) in [7, 11) is 0. The van der Waals surface area contributed by atoms with E-state index in [-0.39, 0.29) is 0 Å². The molecule has 0 atom stereocenters. The van der Waals surface area contributed by atoms with E-state index < -0.39 is 0 Å². The smallest absolute Gasteiger partial charge is 0.0399 e. The second kappa shape index (κ2) is 4.69. The maximum Gasteiger partial charge on any atom is 0.0399 e. The molecule has 0 radical (unpaired) electrons. The zero-order chi connectivity index (χ0) is 12.5. The molecule has 0 aromatic heterocycles. The highest BCUT2D eigenvalue weighted by molar-refractivity contribution is 5.58. The molecule has 0 unspecified atom stereocenters. The maximum atomic E-state index is 5.89. The molecule has 2 nitrogen and oxygen atoms in total. The van der Waals surface area contributed by atoms with Crippen LogP contribution in [0.2, 0.25) is 0 Å². The lowest BCUT2D eigenvalue weighted by Crippen LogP contribution is -2.43. The van der Waals surface area contributed by atoms with Crippen molar-refractivity contribution in [2.75, 3.05) is 18.4 Å². The lowest BCUT2D eigenvalue weighted by atomic mass is 9.69. The molecular weight excluding hydrogens is 208 g/mol. The summed E-state index contributed by atoms with van der Waals surface area (Å²) in [4.78, 5) is 0. The average Bonchev–Trinajstić information content (AvgIpc) is 2.19. The largest absolute Gasteiger partial charge is 0.384 e. The van der Waals surface area contributed by atoms with Gasteiger partial charge in [0.1, 0.15) is 0 Å². The van der Waals surface area contributed by atoms with Gasteiger partial charge in [-0.2, -0.15) is 0 Å². The van der Waals surface area contributed by atoms with Crippen molar-refractivity contribution in [3.8, 4) is 0 Å². The topological polar surface area (TPSA) is 38.0 Å². The van der Waals surface area contributed by atoms with Crippen molar-refractivity contribution < 1.29 is 0 Å². The molecule has 1 aliphatic carbocycles. The molecule has 1 fully saturated rings. The highest BCUT2D eigenvalue weighted by Gasteiger charge is 2.35. The zero-order valence-corrected chi connectivity index (χ0v) is 11.3. The number of hydrogen-bond acceptors (Lipinski definition) is 2. The van der Waals surface area contributed by atoms with Crippen LogP contribution in [-0.2, 0) is 0 Å². The fourth-order valence-corrected chi connectivity index (χ4v) is 2.86. The van der Waals surface area contributed by atoms with Crippen molar-refractivity contribution in [2.45, 2.75) is 40.0 Å². The van der Waals surface area contributed by atoms with Crippen LogP contribution in [0.5, 0.6) is 0 Å². The van der Waals surface area contributed by atoms with Crippen LogP contribution >= 0.6 is 0 Å². The van der Waals surface area contributed by atoms with Gasteiger partial charge in [0, 0.05) is 12.2 Å². The Morgan fingerprint density at radius 1 is 1.18 bits per heavy atom. The molecule has 1 aliphatic rings. The van der Waals surface area contributed by atoms with Crippen molar-refractivity contribution >= 4 is 5.69 Å². The van der Waals surface area contributed by atoms with Gasteiger partial charge in [-0.25, -0.2) is 0 Å². The number of nitrogens with two attached hydrogens (primary N) is 1. The number of aryl methyl sites for hydroxylation is 3. The summed E-state index contributed by atoms with van der Waals surface area (Å²) >= 11 is 0. The van der Waals surface area contributed by atoms with Gasteiger partial charge in [-0.3, -0.25) is 0 Å². The minimum Gasteiger partial charge on any atom is -0.384 e. The Kier molecular flexibility index (Phi) is 3.43. The van der Waals surface area contributed by atoms with Crippen LogP contribution in [0.3, 0.4) is 0 Å². The molecule has 1 aromatic carbocycles. The molecule has 2 rings (SSSR count). The SMILES string of the molecule is Cc1cc(C)c(NCC2(CN)CCC2)c(C)c1. The quantitative estimate of drug-likeness (QED) is 0.837. The van der Waals surface area contributed by atoms with Gasteiger partial charge in [0.2, 0.25) is 0 Å². The van der Waals surface area contributed by atoms with Gasteiger partial charge < -0.3 is 11.1 Å². The molecule has 1 saturated carbocycles. The fraction of sp³-hybridized carbons (Fsp3) is 0.600. The van der Waals surface area contributed by atoms with Crippen LogP contribution in [0.15, 0.2) is 12.1 Å². The molecule has 0 amide bonds. The number of nitrogens with one attached hydrogen (secondary N) is 1. The molecule has 94 valence electrons. The van der Waals surface area contributed by atoms with Gasteiger partial charge in [0.15, 0.2) is 0 Å². The molecule has 0 bridgehead atoms. The first-order chi connectivity index (χ1) is 8.06. The van der Waals surface area contributed by atoms with E-state index in [0.29, 0.717) is 5.41 Å². The van der Waals surface area contributed by atoms with Gasteiger partial charge in [-0.15, -0.1) is 0 Å². The van der Waals surface area contributed by atoms with E-state index in [4.69, 9.17) is 5.73 Å². The first kappa shape index (κ1) is 12.4. The summed E-state index contributed by atoms with van der Waals surface area (Å²) in [6, 6.07) is 4.48. The average molecular weight is 232 g/mol. The molecule has 17 heavy (non-hydrogen) atoms. The summed E-state index contributed by atoms with van der Waals surface area (Å²) in [5, 5.41) is 3.62. The lowest BCUT2D eigenvalue weighted by Gasteiger charge is -2.41. The number of anilines is 1. The summed E-state index contributed by atoms with van der Waals surface area (Å²) in [5.74, 6) is 0. The Hall–Kier alpha value is -1.02. The third-order valence-electron chi connectivity index (χ3n) is 4.16. The van der Waals surface area contributed by atoms with Gasteiger partial charge in [-0.05, 0) is 56.7 Å². The Balaban J connectivity index is 2.09. The van der Waals surface area contributed by atoms with Crippen LogP contribution in [0.25, 0.3) is 0 Å². The lowest BCUT2D eigenvalue weighted by molar-refractivity contribution is 0.163. The van der Waals surface area contributed by atoms with E-state index in [0.717, 1.165) is 13.1 Å². The van der Waals surface area contributed by atoms with E-state index in [1.54, 1.807) is 0 Å². The molecule has 0 heterocycles. The van der Waals surface area contributed by atoms with E-state index in [2.05, 4.69) is 38.2 Å². The van der Waals surface area contributed by atoms with Gasteiger partial charge in [0.25, 0.3) is 0 Å². The zero-order valence-electron chi connectivity index (χ0n) is 11.3. The molecular formula is C15H24N2. The van der Waals surface area contributed by atoms with E-state index in [9.17, 15) is 0 Å². The van der Waals surface area contributed by atoms with Crippen molar-refractivity contribution in [3.63, 3.8) is 0 Å². The Morgan fingerprint density at radius 3 is 2.18 bits per heavy atom. The van der Waals surface area contributed by atoms with Crippen LogP contribution in [-0.4, -0.2) is 13.1 Å². The highest BCUT2D eigenvalue weighted by atomic mass is 14.9. The van der Waals surface area contributed by atoms with Crippen molar-refractivity contribution in [1.82, 2.24) is 0 Å². The van der Waals surface area contributed by atoms with Crippen molar-refractivity contribution in [3.05, 3.63) is 28.8 Å². The van der Waals surface area contributed by atoms with E-state index >= 15 is 0 Å². The highest BCUT2D eigenvalue weighted by Crippen LogP contribution is 2.40. The van der Waals surface area contributed by atoms with Gasteiger partial charge >= 0.3 is 0 Å². The minimum absolute atomic E-state index is 0.365. The maximum absolute atomic E-state index is 5.89. The Labute approximate surface area is 105 Å². The number of rotatable bonds is 4. The second-order valence-corrected chi connectivity index (χ2v) is 5.68. The molecule has 1 aromatic rings. The summed E-state index contributed by atoms with van der Waals surface area (Å²) in [6.07, 6.45) is 3.89. The first-order valence-electron chi connectivity index (χ1n) is 6.58. The standard InChI is InChI=1S/C15H24N2/c1-11-7-12(2)14(13(3)8-11)17-10-15(9-16)5-4-6-15/h7-8,17H,4-6,9-10,16H2,1-3H3. The van der Waals surface area contributed by atoms with E-state index in [1.807, 2.05) is 0 Å². The third-order valence-corrected chi connectivity index (χ3v) is 4.16. The van der Waals surface area contributed by atoms with E-state index in [1.165, 1.54) is 41.6 Å². The number of benzene rings is 1. The predicted octanol–water partition coefficient (Wildman–Crippen LogP) is 3.15. The van der Waals surface area contributed by atoms with Crippen molar-refractivity contribution in [2.24, 2.45) is 11.1 Å². The van der Waals surface area contributed by atoms with Crippen LogP contribution in [0.4, 0.5) is 5.69 Å². The van der Waals surface area contributed by atoms with Crippen LogP contribution < -0.4 is 11.1 Å². The summed E-state index contributed by atoms with van der Waals surface area (Å²) in [5.41, 5.74) is 11.6. The van der Waals surface area contributed by atoms with Gasteiger partial charge in [0.05, 0.1) is 0 Å².